The molecule has 0 amide bonds. The van der Waals surface area contributed by atoms with Gasteiger partial charge in [-0.25, -0.2) is 0 Å². The van der Waals surface area contributed by atoms with E-state index in [9.17, 15) is 0 Å². The third-order valence-electron chi connectivity index (χ3n) is 7.88. The Morgan fingerprint density at radius 3 is 1.25 bits per heavy atom. The third kappa shape index (κ3) is 3.17. The Balaban J connectivity index is 1.96. The van der Waals surface area contributed by atoms with E-state index in [1.165, 1.54) is 27.8 Å². The maximum atomic E-state index is 2.55. The van der Waals surface area contributed by atoms with E-state index >= 15 is 0 Å². The Labute approximate surface area is 196 Å². The molecule has 2 aliphatic carbocycles. The number of rotatable bonds is 2. The molecule has 0 aliphatic heterocycles. The number of benzene rings is 2. The van der Waals surface area contributed by atoms with Gasteiger partial charge in [0, 0.05) is 5.41 Å². The van der Waals surface area contributed by atoms with Crippen LogP contribution in [-0.2, 0) is 16.2 Å². The van der Waals surface area contributed by atoms with Crippen molar-refractivity contribution >= 4 is 0 Å². The van der Waals surface area contributed by atoms with Gasteiger partial charge in [-0.1, -0.05) is 129 Å². The highest BCUT2D eigenvalue weighted by atomic mass is 14.7. The summed E-state index contributed by atoms with van der Waals surface area (Å²) in [5.41, 5.74) is 10.7. The smallest absolute Gasteiger partial charge is 0.0552 e. The van der Waals surface area contributed by atoms with Crippen molar-refractivity contribution in [3.05, 3.63) is 93.6 Å². The van der Waals surface area contributed by atoms with Gasteiger partial charge in [-0.05, 0) is 56.6 Å². The van der Waals surface area contributed by atoms with Gasteiger partial charge in [0.15, 0.2) is 0 Å². The number of allylic oxidation sites excluding steroid dienone is 4. The van der Waals surface area contributed by atoms with Crippen LogP contribution in [0.15, 0.2) is 71.3 Å². The molecule has 1 saturated carbocycles. The lowest BCUT2D eigenvalue weighted by Crippen LogP contribution is -2.21. The molecular weight excluding hydrogens is 384 g/mol. The summed E-state index contributed by atoms with van der Waals surface area (Å²) in [7, 11) is 0. The monoisotopic (exact) mass is 426 g/mol. The van der Waals surface area contributed by atoms with E-state index in [-0.39, 0.29) is 27.1 Å². The van der Waals surface area contributed by atoms with E-state index < -0.39 is 0 Å². The quantitative estimate of drug-likeness (QED) is 0.450. The van der Waals surface area contributed by atoms with Crippen LogP contribution in [0.25, 0.3) is 0 Å². The van der Waals surface area contributed by atoms with Crippen molar-refractivity contribution in [2.24, 2.45) is 10.8 Å². The largest absolute Gasteiger partial charge is 0.0697 e. The van der Waals surface area contributed by atoms with Crippen LogP contribution in [0.5, 0.6) is 0 Å². The standard InChI is InChI=1S/C32H42/c1-21-20-31(11)27(26(21)30(8,9)10)32(31,24-16-12-22(13-17-24)28(2,3)4)25-18-14-23(15-19-25)29(5,6)7/h12-20H,1-11H3. The summed E-state index contributed by atoms with van der Waals surface area (Å²) in [5.74, 6) is 0. The maximum absolute atomic E-state index is 2.55. The van der Waals surface area contributed by atoms with Crippen molar-refractivity contribution < 1.29 is 0 Å². The van der Waals surface area contributed by atoms with E-state index in [1.807, 2.05) is 0 Å². The van der Waals surface area contributed by atoms with Crippen LogP contribution in [0.4, 0.5) is 0 Å². The second kappa shape index (κ2) is 6.72. The summed E-state index contributed by atoms with van der Waals surface area (Å²) in [6.07, 6.45) is 2.55. The minimum atomic E-state index is -0.0675. The molecule has 170 valence electrons. The van der Waals surface area contributed by atoms with Gasteiger partial charge in [-0.3, -0.25) is 0 Å². The predicted molar refractivity (Wildman–Crippen MR) is 139 cm³/mol. The first-order valence-electron chi connectivity index (χ1n) is 12.2. The fraction of sp³-hybridized carbons (Fsp3) is 0.500. The van der Waals surface area contributed by atoms with E-state index in [0.717, 1.165) is 0 Å². The van der Waals surface area contributed by atoms with Gasteiger partial charge in [-0.2, -0.15) is 0 Å². The molecular formula is C32H42. The molecule has 0 radical (unpaired) electrons. The minimum absolute atomic E-state index is 0.0478. The van der Waals surface area contributed by atoms with Gasteiger partial charge >= 0.3 is 0 Å². The molecule has 1 unspecified atom stereocenters. The topological polar surface area (TPSA) is 0 Å². The summed E-state index contributed by atoms with van der Waals surface area (Å²) in [4.78, 5) is 0. The third-order valence-corrected chi connectivity index (χ3v) is 7.88. The van der Waals surface area contributed by atoms with Crippen molar-refractivity contribution in [3.8, 4) is 0 Å². The van der Waals surface area contributed by atoms with Gasteiger partial charge in [0.25, 0.3) is 0 Å². The fourth-order valence-corrected chi connectivity index (χ4v) is 6.34. The van der Waals surface area contributed by atoms with E-state index in [0.29, 0.717) is 0 Å². The number of fused-ring (bicyclic) bond motifs is 1. The predicted octanol–water partition coefficient (Wildman–Crippen LogP) is 8.89. The number of hydrogen-bond acceptors (Lipinski definition) is 0. The first-order chi connectivity index (χ1) is 14.5. The van der Waals surface area contributed by atoms with Crippen LogP contribution < -0.4 is 0 Å². The molecule has 0 bridgehead atoms. The molecule has 0 N–H and O–H groups in total. The second-order valence-electron chi connectivity index (χ2n) is 13.4. The van der Waals surface area contributed by atoms with Crippen LogP contribution >= 0.6 is 0 Å². The lowest BCUT2D eigenvalue weighted by atomic mass is 9.74. The molecule has 1 fully saturated rings. The van der Waals surface area contributed by atoms with Crippen molar-refractivity contribution in [1.82, 2.24) is 0 Å². The summed E-state index contributed by atoms with van der Waals surface area (Å²) >= 11 is 0. The van der Waals surface area contributed by atoms with Gasteiger partial charge < -0.3 is 0 Å². The molecule has 2 aliphatic rings. The average Bonchev–Trinajstić information content (AvgIpc) is 3.03. The zero-order valence-electron chi connectivity index (χ0n) is 22.2. The zero-order valence-corrected chi connectivity index (χ0v) is 22.2. The van der Waals surface area contributed by atoms with E-state index in [2.05, 4.69) is 131 Å². The molecule has 32 heavy (non-hydrogen) atoms. The lowest BCUT2D eigenvalue weighted by molar-refractivity contribution is 0.507. The Bertz CT molecular complexity index is 1040. The summed E-state index contributed by atoms with van der Waals surface area (Å²) < 4.78 is 0. The van der Waals surface area contributed by atoms with Crippen LogP contribution in [-0.4, -0.2) is 0 Å². The van der Waals surface area contributed by atoms with Gasteiger partial charge in [0.2, 0.25) is 0 Å². The van der Waals surface area contributed by atoms with Gasteiger partial charge in [-0.15, -0.1) is 0 Å². The molecule has 1 atom stereocenters. The summed E-state index contributed by atoms with van der Waals surface area (Å²) in [5, 5.41) is 0. The van der Waals surface area contributed by atoms with Crippen molar-refractivity contribution in [3.63, 3.8) is 0 Å². The average molecular weight is 427 g/mol. The normalized spacial score (nSPS) is 22.7. The maximum Gasteiger partial charge on any atom is 0.0552 e. The lowest BCUT2D eigenvalue weighted by Gasteiger charge is -2.29. The molecule has 0 spiro atoms. The Morgan fingerprint density at radius 1 is 0.562 bits per heavy atom. The highest BCUT2D eigenvalue weighted by Gasteiger charge is 2.73. The number of hydrogen-bond donors (Lipinski definition) is 0. The summed E-state index contributed by atoms with van der Waals surface area (Å²) in [6, 6.07) is 19.0. The molecule has 0 saturated heterocycles. The highest BCUT2D eigenvalue weighted by molar-refractivity contribution is 5.77. The minimum Gasteiger partial charge on any atom is -0.0697 e. The van der Waals surface area contributed by atoms with Gasteiger partial charge in [0.05, 0.1) is 5.41 Å². The molecule has 2 aromatic rings. The SMILES string of the molecule is CC1=CC2(C)C(=C1C(C)(C)C)C2(c1ccc(C(C)(C)C)cc1)c1ccc(C(C)(C)C)cc1. The van der Waals surface area contributed by atoms with E-state index in [1.54, 1.807) is 11.1 Å². The van der Waals surface area contributed by atoms with Gasteiger partial charge in [0.1, 0.15) is 0 Å². The van der Waals surface area contributed by atoms with Crippen LogP contribution in [0, 0.1) is 10.8 Å². The molecule has 2 aromatic carbocycles. The Hall–Kier alpha value is -2.08. The van der Waals surface area contributed by atoms with Crippen LogP contribution in [0.2, 0.25) is 0 Å². The Morgan fingerprint density at radius 2 is 0.938 bits per heavy atom. The van der Waals surface area contributed by atoms with Crippen molar-refractivity contribution in [2.75, 3.05) is 0 Å². The highest BCUT2D eigenvalue weighted by Crippen LogP contribution is 2.78. The van der Waals surface area contributed by atoms with Crippen molar-refractivity contribution in [2.45, 2.75) is 92.4 Å². The van der Waals surface area contributed by atoms with Crippen molar-refractivity contribution in [1.29, 1.82) is 0 Å². The molecule has 4 rings (SSSR count). The molecule has 0 aromatic heterocycles. The second-order valence-corrected chi connectivity index (χ2v) is 13.4. The first kappa shape index (κ1) is 23.1. The molecule has 0 nitrogen and oxygen atoms in total. The zero-order chi connectivity index (χ0) is 23.9. The van der Waals surface area contributed by atoms with E-state index in [4.69, 9.17) is 0 Å². The molecule has 0 heteroatoms. The van der Waals surface area contributed by atoms with Crippen LogP contribution in [0.3, 0.4) is 0 Å². The first-order valence-corrected chi connectivity index (χ1v) is 12.2. The summed E-state index contributed by atoms with van der Waals surface area (Å²) in [6.45, 7) is 25.6. The van der Waals surface area contributed by atoms with Crippen LogP contribution in [0.1, 0.15) is 98.4 Å². The fourth-order valence-electron chi connectivity index (χ4n) is 6.34. The Kier molecular flexibility index (Phi) is 4.85. The molecule has 0 heterocycles.